The number of methoxy groups -OCH3 is 3. The lowest BCUT2D eigenvalue weighted by molar-refractivity contribution is 0.0600. The molecule has 2 aromatic carbocycles. The molecule has 1 heterocycles. The van der Waals surface area contributed by atoms with E-state index >= 15 is 0 Å². The van der Waals surface area contributed by atoms with Crippen molar-refractivity contribution >= 4 is 21.9 Å². The van der Waals surface area contributed by atoms with Crippen LogP contribution >= 0.6 is 15.9 Å². The predicted octanol–water partition coefficient (Wildman–Crippen LogP) is 3.49. The molecule has 0 saturated carbocycles. The number of esters is 1. The molecule has 132 valence electrons. The van der Waals surface area contributed by atoms with Crippen molar-refractivity contribution in [2.45, 2.75) is 12.5 Å². The van der Waals surface area contributed by atoms with Gasteiger partial charge in [0, 0.05) is 11.0 Å². The topological polar surface area (TPSA) is 56.8 Å². The Balaban J connectivity index is 2.05. The maximum Gasteiger partial charge on any atom is 0.337 e. The van der Waals surface area contributed by atoms with Crippen LogP contribution in [-0.4, -0.2) is 33.8 Å². The maximum atomic E-state index is 11.7. The molecule has 0 aliphatic carbocycles. The van der Waals surface area contributed by atoms with Gasteiger partial charge in [0.15, 0.2) is 11.5 Å². The Bertz CT molecular complexity index is 806. The Morgan fingerprint density at radius 3 is 2.44 bits per heavy atom. The Labute approximate surface area is 155 Å². The molecule has 6 heteroatoms. The fraction of sp³-hybridized carbons (Fsp3) is 0.316. The summed E-state index contributed by atoms with van der Waals surface area (Å²) >= 11 is 3.59. The number of halogens is 1. The molecular formula is C19H20BrNO4. The summed E-state index contributed by atoms with van der Waals surface area (Å²) in [4.78, 5) is 11.7. The van der Waals surface area contributed by atoms with Gasteiger partial charge in [-0.2, -0.15) is 0 Å². The lowest BCUT2D eigenvalue weighted by Gasteiger charge is -2.29. The summed E-state index contributed by atoms with van der Waals surface area (Å²) in [6.07, 6.45) is 0.921. The van der Waals surface area contributed by atoms with E-state index in [9.17, 15) is 4.79 Å². The summed E-state index contributed by atoms with van der Waals surface area (Å²) in [5, 5.41) is 3.54. The number of hydrogen-bond donors (Lipinski definition) is 1. The molecule has 0 spiro atoms. The van der Waals surface area contributed by atoms with Gasteiger partial charge in [-0.1, -0.05) is 22.0 Å². The molecule has 1 N–H and O–H groups in total. The second-order valence-electron chi connectivity index (χ2n) is 5.77. The summed E-state index contributed by atoms with van der Waals surface area (Å²) in [5.41, 5.74) is 3.95. The Hall–Kier alpha value is -2.05. The van der Waals surface area contributed by atoms with Crippen LogP contribution in [0, 0.1) is 0 Å². The second-order valence-corrected chi connectivity index (χ2v) is 6.63. The van der Waals surface area contributed by atoms with Gasteiger partial charge >= 0.3 is 5.97 Å². The molecule has 25 heavy (non-hydrogen) atoms. The van der Waals surface area contributed by atoms with Crippen LogP contribution in [0.2, 0.25) is 0 Å². The van der Waals surface area contributed by atoms with E-state index in [1.165, 1.54) is 12.7 Å². The first kappa shape index (κ1) is 17.8. The number of ether oxygens (including phenoxy) is 3. The normalized spacial score (nSPS) is 16.1. The van der Waals surface area contributed by atoms with Crippen molar-refractivity contribution in [2.75, 3.05) is 27.9 Å². The molecule has 0 radical (unpaired) electrons. The highest BCUT2D eigenvalue weighted by molar-refractivity contribution is 9.10. The first-order valence-corrected chi connectivity index (χ1v) is 8.74. The second kappa shape index (κ2) is 7.45. The van der Waals surface area contributed by atoms with E-state index in [4.69, 9.17) is 14.2 Å². The Kier molecular flexibility index (Phi) is 5.30. The van der Waals surface area contributed by atoms with Gasteiger partial charge in [0.25, 0.3) is 0 Å². The molecule has 1 atom stereocenters. The number of carbonyl (C=O) groups excluding carboxylic acids is 1. The quantitative estimate of drug-likeness (QED) is 0.788. The molecule has 0 amide bonds. The SMILES string of the molecule is COC(=O)c1ccc(C2NCCc3cc(OC)c(OC)cc32)c(Br)c1. The molecule has 3 rings (SSSR count). The van der Waals surface area contributed by atoms with Gasteiger partial charge in [-0.05, 0) is 47.4 Å². The van der Waals surface area contributed by atoms with E-state index in [1.807, 2.05) is 18.2 Å². The van der Waals surface area contributed by atoms with Gasteiger partial charge in [0.2, 0.25) is 0 Å². The highest BCUT2D eigenvalue weighted by Gasteiger charge is 2.25. The zero-order chi connectivity index (χ0) is 18.0. The molecule has 1 aliphatic rings. The number of benzene rings is 2. The van der Waals surface area contributed by atoms with Gasteiger partial charge in [-0.25, -0.2) is 4.79 Å². The fourth-order valence-electron chi connectivity index (χ4n) is 3.17. The zero-order valence-electron chi connectivity index (χ0n) is 14.4. The third-order valence-electron chi connectivity index (χ3n) is 4.43. The number of fused-ring (bicyclic) bond motifs is 1. The minimum Gasteiger partial charge on any atom is -0.493 e. The van der Waals surface area contributed by atoms with E-state index in [-0.39, 0.29) is 12.0 Å². The van der Waals surface area contributed by atoms with E-state index in [2.05, 4.69) is 21.2 Å². The number of carbonyl (C=O) groups is 1. The highest BCUT2D eigenvalue weighted by atomic mass is 79.9. The van der Waals surface area contributed by atoms with E-state index in [0.717, 1.165) is 34.3 Å². The van der Waals surface area contributed by atoms with E-state index < -0.39 is 0 Å². The van der Waals surface area contributed by atoms with Gasteiger partial charge < -0.3 is 19.5 Å². The first-order chi connectivity index (χ1) is 12.1. The van der Waals surface area contributed by atoms with Crippen molar-refractivity contribution < 1.29 is 19.0 Å². The third kappa shape index (κ3) is 3.37. The molecular weight excluding hydrogens is 386 g/mol. The van der Waals surface area contributed by atoms with Gasteiger partial charge in [-0.3, -0.25) is 0 Å². The molecule has 2 aromatic rings. The van der Waals surface area contributed by atoms with E-state index in [1.54, 1.807) is 26.4 Å². The van der Waals surface area contributed by atoms with Crippen molar-refractivity contribution in [1.29, 1.82) is 0 Å². The lowest BCUT2D eigenvalue weighted by atomic mass is 9.89. The average Bonchev–Trinajstić information content (AvgIpc) is 2.65. The van der Waals surface area contributed by atoms with Crippen LogP contribution in [0.4, 0.5) is 0 Å². The molecule has 0 saturated heterocycles. The average molecular weight is 406 g/mol. The number of nitrogens with one attached hydrogen (secondary N) is 1. The molecule has 0 aromatic heterocycles. The maximum absolute atomic E-state index is 11.7. The van der Waals surface area contributed by atoms with Crippen LogP contribution < -0.4 is 14.8 Å². The largest absolute Gasteiger partial charge is 0.493 e. The van der Waals surface area contributed by atoms with Crippen LogP contribution in [0.1, 0.15) is 33.1 Å². The van der Waals surface area contributed by atoms with E-state index in [0.29, 0.717) is 11.3 Å². The van der Waals surface area contributed by atoms with Crippen molar-refractivity contribution in [3.05, 3.63) is 57.1 Å². The summed E-state index contributed by atoms with van der Waals surface area (Å²) in [5.74, 6) is 1.09. The molecule has 1 unspecified atom stereocenters. The number of hydrogen-bond acceptors (Lipinski definition) is 5. The van der Waals surface area contributed by atoms with Crippen LogP contribution in [0.15, 0.2) is 34.8 Å². The Morgan fingerprint density at radius 1 is 1.08 bits per heavy atom. The summed E-state index contributed by atoms with van der Waals surface area (Å²) in [6, 6.07) is 9.58. The predicted molar refractivity (Wildman–Crippen MR) is 98.6 cm³/mol. The molecule has 0 bridgehead atoms. The summed E-state index contributed by atoms with van der Waals surface area (Å²) in [6.45, 7) is 0.859. The smallest absolute Gasteiger partial charge is 0.337 e. The van der Waals surface area contributed by atoms with Crippen molar-refractivity contribution in [3.8, 4) is 11.5 Å². The zero-order valence-corrected chi connectivity index (χ0v) is 16.0. The molecule has 0 fully saturated rings. The highest BCUT2D eigenvalue weighted by Crippen LogP contribution is 2.39. The first-order valence-electron chi connectivity index (χ1n) is 7.95. The lowest BCUT2D eigenvalue weighted by Crippen LogP contribution is -2.31. The van der Waals surface area contributed by atoms with Crippen LogP contribution in [0.25, 0.3) is 0 Å². The van der Waals surface area contributed by atoms with Gasteiger partial charge in [0.05, 0.1) is 32.9 Å². The Morgan fingerprint density at radius 2 is 1.80 bits per heavy atom. The summed E-state index contributed by atoms with van der Waals surface area (Å²) < 4.78 is 16.5. The van der Waals surface area contributed by atoms with Crippen molar-refractivity contribution in [3.63, 3.8) is 0 Å². The third-order valence-corrected chi connectivity index (χ3v) is 5.12. The minimum absolute atomic E-state index is 0.00429. The van der Waals surface area contributed by atoms with Gasteiger partial charge in [-0.15, -0.1) is 0 Å². The monoisotopic (exact) mass is 405 g/mol. The van der Waals surface area contributed by atoms with Crippen LogP contribution in [0.3, 0.4) is 0 Å². The molecule has 5 nitrogen and oxygen atoms in total. The standard InChI is InChI=1S/C19H20BrNO4/c1-23-16-9-11-6-7-21-18(14(11)10-17(16)24-2)13-5-4-12(8-15(13)20)19(22)25-3/h4-5,8-10,18,21H,6-7H2,1-3H3. The summed E-state index contributed by atoms with van der Waals surface area (Å²) in [7, 11) is 4.66. The van der Waals surface area contributed by atoms with Crippen molar-refractivity contribution in [2.24, 2.45) is 0 Å². The number of rotatable bonds is 4. The van der Waals surface area contributed by atoms with Crippen LogP contribution in [0.5, 0.6) is 11.5 Å². The fourth-order valence-corrected chi connectivity index (χ4v) is 3.77. The van der Waals surface area contributed by atoms with Crippen LogP contribution in [-0.2, 0) is 11.2 Å². The molecule has 1 aliphatic heterocycles. The van der Waals surface area contributed by atoms with Gasteiger partial charge in [0.1, 0.15) is 0 Å². The van der Waals surface area contributed by atoms with Crippen molar-refractivity contribution in [1.82, 2.24) is 5.32 Å². The minimum atomic E-state index is -0.351.